The fourth-order valence-electron chi connectivity index (χ4n) is 1.41. The van der Waals surface area contributed by atoms with Gasteiger partial charge in [-0.2, -0.15) is 0 Å². The van der Waals surface area contributed by atoms with E-state index in [4.69, 9.17) is 5.73 Å². The lowest BCUT2D eigenvalue weighted by atomic mass is 10.2. The molecule has 3 nitrogen and oxygen atoms in total. The van der Waals surface area contributed by atoms with Crippen molar-refractivity contribution in [2.24, 2.45) is 11.7 Å². The highest BCUT2D eigenvalue weighted by Crippen LogP contribution is 2.21. The predicted molar refractivity (Wildman–Crippen MR) is 85.3 cm³/mol. The van der Waals surface area contributed by atoms with E-state index in [1.54, 1.807) is 11.8 Å². The Hall–Kier alpha value is -0.520. The zero-order valence-corrected chi connectivity index (χ0v) is 13.6. The Kier molecular flexibility index (Phi) is 8.18. The number of hydrogen-bond donors (Lipinski definition) is 2. The van der Waals surface area contributed by atoms with Crippen molar-refractivity contribution in [1.82, 2.24) is 5.32 Å². The molecule has 0 saturated heterocycles. The first-order chi connectivity index (χ1) is 9.11. The number of nitrogens with two attached hydrogens (primary N) is 1. The average Bonchev–Trinajstić information content (AvgIpc) is 2.42. The predicted octanol–water partition coefficient (Wildman–Crippen LogP) is 3.03. The summed E-state index contributed by atoms with van der Waals surface area (Å²) < 4.78 is 1.09. The summed E-state index contributed by atoms with van der Waals surface area (Å²) in [5.41, 5.74) is 5.50. The quantitative estimate of drug-likeness (QED) is 0.562. The summed E-state index contributed by atoms with van der Waals surface area (Å²) in [7, 11) is 0. The molecule has 1 rings (SSSR count). The molecular weight excluding hydrogens is 324 g/mol. The van der Waals surface area contributed by atoms with Gasteiger partial charge >= 0.3 is 0 Å². The number of carbonyl (C=O) groups is 1. The largest absolute Gasteiger partial charge is 0.356 e. The molecule has 0 fully saturated rings. The van der Waals surface area contributed by atoms with Crippen LogP contribution in [-0.4, -0.2) is 24.7 Å². The van der Waals surface area contributed by atoms with Crippen LogP contribution >= 0.6 is 27.7 Å². The van der Waals surface area contributed by atoms with Gasteiger partial charge in [0.05, 0.1) is 0 Å². The van der Waals surface area contributed by atoms with E-state index in [-0.39, 0.29) is 5.91 Å². The molecule has 0 aromatic heterocycles. The number of carbonyl (C=O) groups excluding carboxylic acids is 1. The molecule has 5 heteroatoms. The van der Waals surface area contributed by atoms with Gasteiger partial charge < -0.3 is 11.1 Å². The lowest BCUT2D eigenvalue weighted by molar-refractivity contribution is -0.121. The Bertz CT molecular complexity index is 384. The number of hydrogen-bond acceptors (Lipinski definition) is 3. The van der Waals surface area contributed by atoms with E-state index in [0.717, 1.165) is 16.6 Å². The Balaban J connectivity index is 2.10. The van der Waals surface area contributed by atoms with E-state index in [2.05, 4.69) is 33.4 Å². The van der Waals surface area contributed by atoms with Gasteiger partial charge in [0.2, 0.25) is 5.91 Å². The number of benzene rings is 1. The minimum absolute atomic E-state index is 0.122. The average molecular weight is 345 g/mol. The summed E-state index contributed by atoms with van der Waals surface area (Å²) in [4.78, 5) is 12.8. The van der Waals surface area contributed by atoms with Crippen LogP contribution in [-0.2, 0) is 4.79 Å². The number of amides is 1. The van der Waals surface area contributed by atoms with E-state index >= 15 is 0 Å². The standard InChI is InChI=1S/C14H21BrN2OS/c1-11(9-16)10-17-14(18)3-2-8-19-13-6-4-12(15)5-7-13/h4-7,11H,2-3,8-10,16H2,1H3,(H,17,18). The summed E-state index contributed by atoms with van der Waals surface area (Å²) in [5, 5.41) is 2.91. The molecule has 106 valence electrons. The Labute approximate surface area is 127 Å². The van der Waals surface area contributed by atoms with Gasteiger partial charge in [-0.05, 0) is 48.9 Å². The minimum Gasteiger partial charge on any atom is -0.356 e. The zero-order valence-electron chi connectivity index (χ0n) is 11.2. The van der Waals surface area contributed by atoms with Crippen LogP contribution in [0.1, 0.15) is 19.8 Å². The first kappa shape index (κ1) is 16.5. The third kappa shape index (κ3) is 7.60. The van der Waals surface area contributed by atoms with Crippen LogP contribution < -0.4 is 11.1 Å². The van der Waals surface area contributed by atoms with Gasteiger partial charge in [-0.15, -0.1) is 11.8 Å². The first-order valence-electron chi connectivity index (χ1n) is 6.47. The molecule has 0 radical (unpaired) electrons. The number of nitrogens with one attached hydrogen (secondary N) is 1. The van der Waals surface area contributed by atoms with E-state index in [9.17, 15) is 4.79 Å². The van der Waals surface area contributed by atoms with Crippen molar-refractivity contribution in [3.8, 4) is 0 Å². The highest BCUT2D eigenvalue weighted by molar-refractivity contribution is 9.10. The minimum atomic E-state index is 0.122. The van der Waals surface area contributed by atoms with Gasteiger partial charge in [0, 0.05) is 22.3 Å². The van der Waals surface area contributed by atoms with Crippen molar-refractivity contribution < 1.29 is 4.79 Å². The molecule has 1 unspecified atom stereocenters. The highest BCUT2D eigenvalue weighted by atomic mass is 79.9. The molecule has 0 aliphatic rings. The van der Waals surface area contributed by atoms with Crippen molar-refractivity contribution in [3.63, 3.8) is 0 Å². The van der Waals surface area contributed by atoms with Gasteiger partial charge in [-0.1, -0.05) is 22.9 Å². The summed E-state index contributed by atoms with van der Waals surface area (Å²) in [6.45, 7) is 3.32. The molecule has 0 aliphatic heterocycles. The molecule has 3 N–H and O–H groups in total. The van der Waals surface area contributed by atoms with Crippen molar-refractivity contribution in [2.75, 3.05) is 18.8 Å². The van der Waals surface area contributed by atoms with E-state index in [0.29, 0.717) is 25.4 Å². The van der Waals surface area contributed by atoms with Crippen LogP contribution in [0.5, 0.6) is 0 Å². The van der Waals surface area contributed by atoms with E-state index < -0.39 is 0 Å². The maximum atomic E-state index is 11.6. The number of rotatable bonds is 8. The van der Waals surface area contributed by atoms with Crippen LogP contribution in [0.15, 0.2) is 33.6 Å². The van der Waals surface area contributed by atoms with Gasteiger partial charge in [0.15, 0.2) is 0 Å². The lowest BCUT2D eigenvalue weighted by Gasteiger charge is -2.09. The molecule has 1 atom stereocenters. The lowest BCUT2D eigenvalue weighted by Crippen LogP contribution is -2.31. The number of halogens is 1. The molecule has 1 aromatic rings. The number of thioether (sulfide) groups is 1. The molecule has 0 aliphatic carbocycles. The van der Waals surface area contributed by atoms with Crippen LogP contribution in [0, 0.1) is 5.92 Å². The third-order valence-electron chi connectivity index (χ3n) is 2.68. The summed E-state index contributed by atoms with van der Waals surface area (Å²) in [6, 6.07) is 8.22. The molecule has 0 bridgehead atoms. The monoisotopic (exact) mass is 344 g/mol. The Morgan fingerprint density at radius 1 is 1.42 bits per heavy atom. The second-order valence-corrected chi connectivity index (χ2v) is 6.63. The fraction of sp³-hybridized carbons (Fsp3) is 0.500. The topological polar surface area (TPSA) is 55.1 Å². The van der Waals surface area contributed by atoms with Gasteiger partial charge in [-0.3, -0.25) is 4.79 Å². The van der Waals surface area contributed by atoms with Crippen molar-refractivity contribution in [3.05, 3.63) is 28.7 Å². The molecule has 0 heterocycles. The van der Waals surface area contributed by atoms with Crippen molar-refractivity contribution >= 4 is 33.6 Å². The SMILES string of the molecule is CC(CN)CNC(=O)CCCSc1ccc(Br)cc1. The first-order valence-corrected chi connectivity index (χ1v) is 8.25. The molecule has 0 saturated carbocycles. The van der Waals surface area contributed by atoms with E-state index in [1.807, 2.05) is 19.1 Å². The summed E-state index contributed by atoms with van der Waals surface area (Å²) in [5.74, 6) is 1.43. The molecule has 0 spiro atoms. The Morgan fingerprint density at radius 2 is 2.11 bits per heavy atom. The van der Waals surface area contributed by atoms with Gasteiger partial charge in [0.25, 0.3) is 0 Å². The zero-order chi connectivity index (χ0) is 14.1. The fourth-order valence-corrected chi connectivity index (χ4v) is 2.53. The van der Waals surface area contributed by atoms with Crippen LogP contribution in [0.2, 0.25) is 0 Å². The van der Waals surface area contributed by atoms with Gasteiger partial charge in [0.1, 0.15) is 0 Å². The van der Waals surface area contributed by atoms with Crippen molar-refractivity contribution in [2.45, 2.75) is 24.7 Å². The summed E-state index contributed by atoms with van der Waals surface area (Å²) in [6.07, 6.45) is 1.48. The van der Waals surface area contributed by atoms with Crippen molar-refractivity contribution in [1.29, 1.82) is 0 Å². The summed E-state index contributed by atoms with van der Waals surface area (Å²) >= 11 is 5.19. The van der Waals surface area contributed by atoms with Crippen LogP contribution in [0.3, 0.4) is 0 Å². The van der Waals surface area contributed by atoms with Crippen LogP contribution in [0.4, 0.5) is 0 Å². The van der Waals surface area contributed by atoms with Crippen LogP contribution in [0.25, 0.3) is 0 Å². The molecular formula is C14H21BrN2OS. The Morgan fingerprint density at radius 3 is 2.74 bits per heavy atom. The normalized spacial score (nSPS) is 12.2. The van der Waals surface area contributed by atoms with Gasteiger partial charge in [-0.25, -0.2) is 0 Å². The maximum Gasteiger partial charge on any atom is 0.220 e. The molecule has 1 aromatic carbocycles. The molecule has 19 heavy (non-hydrogen) atoms. The molecule has 1 amide bonds. The smallest absolute Gasteiger partial charge is 0.220 e. The highest BCUT2D eigenvalue weighted by Gasteiger charge is 2.04. The maximum absolute atomic E-state index is 11.6. The third-order valence-corrected chi connectivity index (χ3v) is 4.31. The second kappa shape index (κ2) is 9.39. The second-order valence-electron chi connectivity index (χ2n) is 4.55. The van der Waals surface area contributed by atoms with E-state index in [1.165, 1.54) is 4.90 Å².